The van der Waals surface area contributed by atoms with E-state index in [4.69, 9.17) is 0 Å². The maximum absolute atomic E-state index is 12.2. The molecule has 3 N–H and O–H groups in total. The molecule has 0 aliphatic rings. The topological polar surface area (TPSA) is 86.9 Å². The lowest BCUT2D eigenvalue weighted by Crippen LogP contribution is -2.27. The van der Waals surface area contributed by atoms with Gasteiger partial charge in [-0.05, 0) is 37.3 Å². The minimum Gasteiger partial charge on any atom is -0.358 e. The van der Waals surface area contributed by atoms with Crippen LogP contribution in [0.5, 0.6) is 0 Å². The van der Waals surface area contributed by atoms with Crippen molar-refractivity contribution in [3.63, 3.8) is 0 Å². The zero-order valence-corrected chi connectivity index (χ0v) is 18.6. The maximum atomic E-state index is 12.2. The van der Waals surface area contributed by atoms with Crippen LogP contribution >= 0.6 is 27.3 Å². The van der Waals surface area contributed by atoms with Crippen LogP contribution in [0.25, 0.3) is 22.2 Å². The Balaban J connectivity index is 1.34. The van der Waals surface area contributed by atoms with Crippen LogP contribution in [0.2, 0.25) is 0 Å². The number of para-hydroxylation sites is 1. The van der Waals surface area contributed by atoms with Crippen LogP contribution < -0.4 is 10.6 Å². The fourth-order valence-electron chi connectivity index (χ4n) is 3.23. The second-order valence-electron chi connectivity index (χ2n) is 6.77. The van der Waals surface area contributed by atoms with E-state index in [-0.39, 0.29) is 24.8 Å². The van der Waals surface area contributed by atoms with E-state index in [9.17, 15) is 9.59 Å². The molecule has 0 atom stereocenters. The standard InChI is InChI=1S/C22H19BrN4O2S/c1-13-20(16-4-2-3-5-17(16)25-13)18-12-30-22(26-18)27-19(28)10-11-24-21(29)14-6-8-15(23)9-7-14/h2-9,12,25H,10-11H2,1H3,(H,24,29)(H,26,27,28). The molecule has 0 aliphatic carbocycles. The number of fused-ring (bicyclic) bond motifs is 1. The largest absolute Gasteiger partial charge is 0.358 e. The summed E-state index contributed by atoms with van der Waals surface area (Å²) in [5, 5.41) is 9.15. The first-order valence-electron chi connectivity index (χ1n) is 9.38. The van der Waals surface area contributed by atoms with Crippen molar-refractivity contribution >= 4 is 55.1 Å². The Hall–Kier alpha value is -2.97. The molecule has 30 heavy (non-hydrogen) atoms. The molecule has 4 rings (SSSR count). The van der Waals surface area contributed by atoms with Gasteiger partial charge in [-0.1, -0.05) is 34.1 Å². The zero-order valence-electron chi connectivity index (χ0n) is 16.2. The normalized spacial score (nSPS) is 10.9. The van der Waals surface area contributed by atoms with Crippen LogP contribution in [0.4, 0.5) is 5.13 Å². The van der Waals surface area contributed by atoms with Crippen molar-refractivity contribution in [2.45, 2.75) is 13.3 Å². The molecule has 0 radical (unpaired) electrons. The minimum absolute atomic E-state index is 0.170. The Morgan fingerprint density at radius 2 is 1.90 bits per heavy atom. The predicted molar refractivity (Wildman–Crippen MR) is 124 cm³/mol. The molecule has 2 amide bonds. The number of amides is 2. The molecule has 0 fully saturated rings. The molecule has 0 unspecified atom stereocenters. The monoisotopic (exact) mass is 482 g/mol. The van der Waals surface area contributed by atoms with Gasteiger partial charge in [0.25, 0.3) is 5.91 Å². The van der Waals surface area contributed by atoms with Crippen molar-refractivity contribution in [2.75, 3.05) is 11.9 Å². The summed E-state index contributed by atoms with van der Waals surface area (Å²) in [5.74, 6) is -0.399. The Morgan fingerprint density at radius 3 is 2.70 bits per heavy atom. The van der Waals surface area contributed by atoms with E-state index in [0.717, 1.165) is 32.3 Å². The number of nitrogens with zero attached hydrogens (tertiary/aromatic N) is 1. The number of aryl methyl sites for hydroxylation is 1. The smallest absolute Gasteiger partial charge is 0.251 e. The van der Waals surface area contributed by atoms with Gasteiger partial charge in [-0.25, -0.2) is 4.98 Å². The zero-order chi connectivity index (χ0) is 21.1. The molecule has 0 aliphatic heterocycles. The summed E-state index contributed by atoms with van der Waals surface area (Å²) in [5.41, 5.74) is 4.52. The van der Waals surface area contributed by atoms with E-state index in [1.54, 1.807) is 24.3 Å². The van der Waals surface area contributed by atoms with Crippen molar-refractivity contribution in [3.05, 3.63) is 69.6 Å². The van der Waals surface area contributed by atoms with Crippen molar-refractivity contribution in [1.29, 1.82) is 0 Å². The molecule has 152 valence electrons. The molecule has 0 bridgehead atoms. The maximum Gasteiger partial charge on any atom is 0.251 e. The second-order valence-corrected chi connectivity index (χ2v) is 8.54. The van der Waals surface area contributed by atoms with Gasteiger partial charge < -0.3 is 15.6 Å². The van der Waals surface area contributed by atoms with Crippen LogP contribution in [-0.2, 0) is 4.79 Å². The number of rotatable bonds is 6. The number of benzene rings is 2. The first-order valence-corrected chi connectivity index (χ1v) is 11.1. The van der Waals surface area contributed by atoms with Crippen molar-refractivity contribution in [2.24, 2.45) is 0 Å². The summed E-state index contributed by atoms with van der Waals surface area (Å²) in [6.45, 7) is 2.27. The highest BCUT2D eigenvalue weighted by Crippen LogP contribution is 2.33. The van der Waals surface area contributed by atoms with Gasteiger partial charge in [-0.15, -0.1) is 11.3 Å². The van der Waals surface area contributed by atoms with Crippen molar-refractivity contribution in [1.82, 2.24) is 15.3 Å². The van der Waals surface area contributed by atoms with E-state index < -0.39 is 0 Å². The van der Waals surface area contributed by atoms with Gasteiger partial charge >= 0.3 is 0 Å². The number of carbonyl (C=O) groups is 2. The summed E-state index contributed by atoms with van der Waals surface area (Å²) >= 11 is 4.72. The lowest BCUT2D eigenvalue weighted by Gasteiger charge is -2.05. The fourth-order valence-corrected chi connectivity index (χ4v) is 4.21. The summed E-state index contributed by atoms with van der Waals surface area (Å²) in [6, 6.07) is 15.1. The summed E-state index contributed by atoms with van der Waals surface area (Å²) in [7, 11) is 0. The number of thiazole rings is 1. The molecular formula is C22H19BrN4O2S. The molecule has 0 spiro atoms. The number of hydrogen-bond donors (Lipinski definition) is 3. The van der Waals surface area contributed by atoms with Crippen LogP contribution in [0, 0.1) is 6.92 Å². The van der Waals surface area contributed by atoms with Crippen molar-refractivity contribution in [3.8, 4) is 11.3 Å². The Labute approximate surface area is 185 Å². The number of nitrogens with one attached hydrogen (secondary N) is 3. The predicted octanol–water partition coefficient (Wildman–Crippen LogP) is 5.12. The molecule has 2 aromatic heterocycles. The van der Waals surface area contributed by atoms with Gasteiger partial charge in [0.1, 0.15) is 0 Å². The van der Waals surface area contributed by atoms with Crippen LogP contribution in [0.3, 0.4) is 0 Å². The number of halogens is 1. The number of carbonyl (C=O) groups excluding carboxylic acids is 2. The van der Waals surface area contributed by atoms with Gasteiger partial charge in [-0.2, -0.15) is 0 Å². The van der Waals surface area contributed by atoms with E-state index in [0.29, 0.717) is 10.7 Å². The van der Waals surface area contributed by atoms with Gasteiger partial charge in [0.15, 0.2) is 5.13 Å². The number of H-pyrrole nitrogens is 1. The summed E-state index contributed by atoms with van der Waals surface area (Å²) < 4.78 is 0.907. The molecule has 0 saturated heterocycles. The Bertz CT molecular complexity index is 1210. The van der Waals surface area contributed by atoms with Gasteiger partial charge in [0.2, 0.25) is 5.91 Å². The fraction of sp³-hybridized carbons (Fsp3) is 0.136. The van der Waals surface area contributed by atoms with E-state index in [2.05, 4.69) is 42.6 Å². The minimum atomic E-state index is -0.207. The molecular weight excluding hydrogens is 464 g/mol. The van der Waals surface area contributed by atoms with Gasteiger partial charge in [-0.3, -0.25) is 9.59 Å². The van der Waals surface area contributed by atoms with Gasteiger partial charge in [0, 0.05) is 50.5 Å². The number of aromatic amines is 1. The molecule has 0 saturated carbocycles. The van der Waals surface area contributed by atoms with Crippen molar-refractivity contribution < 1.29 is 9.59 Å². The Kier molecular flexibility index (Phi) is 5.96. The van der Waals surface area contributed by atoms with E-state index in [1.165, 1.54) is 11.3 Å². The van der Waals surface area contributed by atoms with Gasteiger partial charge in [0.05, 0.1) is 5.69 Å². The first kappa shape index (κ1) is 20.3. The quantitative estimate of drug-likeness (QED) is 0.356. The molecule has 6 nitrogen and oxygen atoms in total. The first-order chi connectivity index (χ1) is 14.5. The molecule has 2 aromatic carbocycles. The highest BCUT2D eigenvalue weighted by atomic mass is 79.9. The third-order valence-electron chi connectivity index (χ3n) is 4.64. The van der Waals surface area contributed by atoms with Crippen LogP contribution in [0.1, 0.15) is 22.5 Å². The SMILES string of the molecule is Cc1[nH]c2ccccc2c1-c1csc(NC(=O)CCNC(=O)c2ccc(Br)cc2)n1. The summed E-state index contributed by atoms with van der Waals surface area (Å²) in [4.78, 5) is 32.3. The highest BCUT2D eigenvalue weighted by Gasteiger charge is 2.14. The molecule has 2 heterocycles. The lowest BCUT2D eigenvalue weighted by molar-refractivity contribution is -0.116. The number of anilines is 1. The Morgan fingerprint density at radius 1 is 1.13 bits per heavy atom. The average Bonchev–Trinajstić information content (AvgIpc) is 3.31. The molecule has 8 heteroatoms. The van der Waals surface area contributed by atoms with E-state index in [1.807, 2.05) is 30.5 Å². The molecule has 4 aromatic rings. The third kappa shape index (κ3) is 4.44. The van der Waals surface area contributed by atoms with Crippen LogP contribution in [-0.4, -0.2) is 28.3 Å². The highest BCUT2D eigenvalue weighted by molar-refractivity contribution is 9.10. The van der Waals surface area contributed by atoms with E-state index >= 15 is 0 Å². The summed E-state index contributed by atoms with van der Waals surface area (Å²) in [6.07, 6.45) is 0.170. The average molecular weight is 483 g/mol. The number of hydrogen-bond acceptors (Lipinski definition) is 4. The second kappa shape index (κ2) is 8.81. The lowest BCUT2D eigenvalue weighted by atomic mass is 10.1. The number of aromatic nitrogens is 2. The van der Waals surface area contributed by atoms with Crippen LogP contribution in [0.15, 0.2) is 58.4 Å². The third-order valence-corrected chi connectivity index (χ3v) is 5.93.